The highest BCUT2D eigenvalue weighted by Crippen LogP contribution is 2.32. The van der Waals surface area contributed by atoms with Gasteiger partial charge in [0.2, 0.25) is 0 Å². The first-order valence-electron chi connectivity index (χ1n) is 5.40. The highest BCUT2D eigenvalue weighted by molar-refractivity contribution is 9.10. The molecule has 0 saturated heterocycles. The van der Waals surface area contributed by atoms with Crippen LogP contribution in [0, 0.1) is 0 Å². The lowest BCUT2D eigenvalue weighted by Crippen LogP contribution is -2.21. The van der Waals surface area contributed by atoms with E-state index in [-0.39, 0.29) is 0 Å². The summed E-state index contributed by atoms with van der Waals surface area (Å²) in [6.45, 7) is 3.07. The SMILES string of the molecule is CCNC(Cc1cc(Br)cs1)c1sccc1Cl. The third-order valence-electron chi connectivity index (χ3n) is 2.44. The first-order chi connectivity index (χ1) is 8.20. The van der Waals surface area contributed by atoms with Crippen LogP contribution in [-0.2, 0) is 6.42 Å². The van der Waals surface area contributed by atoms with E-state index < -0.39 is 0 Å². The van der Waals surface area contributed by atoms with E-state index in [9.17, 15) is 0 Å². The quantitative estimate of drug-likeness (QED) is 0.789. The summed E-state index contributed by atoms with van der Waals surface area (Å²) in [6, 6.07) is 4.46. The summed E-state index contributed by atoms with van der Waals surface area (Å²) in [7, 11) is 0. The van der Waals surface area contributed by atoms with Crippen molar-refractivity contribution in [2.24, 2.45) is 0 Å². The van der Waals surface area contributed by atoms with Crippen LogP contribution < -0.4 is 5.32 Å². The van der Waals surface area contributed by atoms with Crippen LogP contribution in [0.3, 0.4) is 0 Å². The summed E-state index contributed by atoms with van der Waals surface area (Å²) >= 11 is 13.2. The summed E-state index contributed by atoms with van der Waals surface area (Å²) in [4.78, 5) is 2.60. The van der Waals surface area contributed by atoms with E-state index in [0.717, 1.165) is 22.5 Å². The molecule has 1 unspecified atom stereocenters. The third-order valence-corrected chi connectivity index (χ3v) is 5.63. The Balaban J connectivity index is 2.15. The second-order valence-electron chi connectivity index (χ2n) is 3.68. The average Bonchev–Trinajstić information content (AvgIpc) is 2.87. The molecule has 0 aliphatic heterocycles. The van der Waals surface area contributed by atoms with Gasteiger partial charge in [0.15, 0.2) is 0 Å². The lowest BCUT2D eigenvalue weighted by Gasteiger charge is -2.16. The molecule has 0 aromatic carbocycles. The molecule has 0 aliphatic rings. The predicted octanol–water partition coefficient (Wildman–Crippen LogP) is 5.12. The smallest absolute Gasteiger partial charge is 0.0561 e. The molecule has 1 nitrogen and oxygen atoms in total. The lowest BCUT2D eigenvalue weighted by molar-refractivity contribution is 0.562. The molecule has 2 heterocycles. The Morgan fingerprint density at radius 2 is 2.29 bits per heavy atom. The molecule has 1 atom stereocenters. The lowest BCUT2D eigenvalue weighted by atomic mass is 10.1. The monoisotopic (exact) mass is 349 g/mol. The van der Waals surface area contributed by atoms with Gasteiger partial charge in [-0.25, -0.2) is 0 Å². The third kappa shape index (κ3) is 3.55. The fraction of sp³-hybridized carbons (Fsp3) is 0.333. The fourth-order valence-electron chi connectivity index (χ4n) is 1.72. The van der Waals surface area contributed by atoms with Gasteiger partial charge in [0.25, 0.3) is 0 Å². The van der Waals surface area contributed by atoms with E-state index >= 15 is 0 Å². The van der Waals surface area contributed by atoms with Crippen LogP contribution in [0.15, 0.2) is 27.4 Å². The first-order valence-corrected chi connectivity index (χ1v) is 8.33. The standard InChI is InChI=1S/C12H13BrClNS2/c1-2-15-11(12-10(14)3-4-16-12)6-9-5-8(13)7-17-9/h3-5,7,11,15H,2,6H2,1H3. The Morgan fingerprint density at radius 1 is 1.47 bits per heavy atom. The van der Waals surface area contributed by atoms with Gasteiger partial charge in [0.05, 0.1) is 5.02 Å². The molecular weight excluding hydrogens is 338 g/mol. The van der Waals surface area contributed by atoms with Gasteiger partial charge >= 0.3 is 0 Å². The second kappa shape index (κ2) is 6.34. The molecule has 5 heteroatoms. The van der Waals surface area contributed by atoms with Gasteiger partial charge in [0, 0.05) is 32.1 Å². The van der Waals surface area contributed by atoms with Gasteiger partial charge in [-0.2, -0.15) is 0 Å². The molecule has 2 aromatic rings. The summed E-state index contributed by atoms with van der Waals surface area (Å²) < 4.78 is 1.16. The number of likely N-dealkylation sites (N-methyl/N-ethyl adjacent to an activating group) is 1. The van der Waals surface area contributed by atoms with Crippen molar-refractivity contribution in [2.75, 3.05) is 6.54 Å². The van der Waals surface area contributed by atoms with Crippen molar-refractivity contribution >= 4 is 50.2 Å². The molecule has 92 valence electrons. The number of rotatable bonds is 5. The predicted molar refractivity (Wildman–Crippen MR) is 81.5 cm³/mol. The van der Waals surface area contributed by atoms with Crippen LogP contribution in [0.4, 0.5) is 0 Å². The fourth-order valence-corrected chi connectivity index (χ4v) is 4.48. The van der Waals surface area contributed by atoms with Gasteiger partial charge in [0.1, 0.15) is 0 Å². The van der Waals surface area contributed by atoms with Gasteiger partial charge in [-0.15, -0.1) is 22.7 Å². The van der Waals surface area contributed by atoms with E-state index in [2.05, 4.69) is 39.6 Å². The first kappa shape index (κ1) is 13.6. The summed E-state index contributed by atoms with van der Waals surface area (Å²) in [5.74, 6) is 0. The Bertz CT molecular complexity index is 480. The molecule has 0 fully saturated rings. The molecule has 0 aliphatic carbocycles. The van der Waals surface area contributed by atoms with Gasteiger partial charge in [-0.05, 0) is 40.0 Å². The zero-order valence-corrected chi connectivity index (χ0v) is 13.3. The summed E-state index contributed by atoms with van der Waals surface area (Å²) in [5.41, 5.74) is 0. The Morgan fingerprint density at radius 3 is 2.82 bits per heavy atom. The molecule has 0 amide bonds. The molecule has 0 spiro atoms. The largest absolute Gasteiger partial charge is 0.309 e. The minimum atomic E-state index is 0.318. The van der Waals surface area contributed by atoms with E-state index in [4.69, 9.17) is 11.6 Å². The zero-order chi connectivity index (χ0) is 12.3. The van der Waals surface area contributed by atoms with Gasteiger partial charge < -0.3 is 5.32 Å². The second-order valence-corrected chi connectivity index (χ2v) is 6.94. The van der Waals surface area contributed by atoms with E-state index in [1.807, 2.05) is 11.4 Å². The van der Waals surface area contributed by atoms with Crippen LogP contribution in [0.25, 0.3) is 0 Å². The number of hydrogen-bond donors (Lipinski definition) is 1. The number of halogens is 2. The maximum atomic E-state index is 6.21. The van der Waals surface area contributed by atoms with Crippen LogP contribution in [0.2, 0.25) is 5.02 Å². The molecule has 2 aromatic heterocycles. The molecule has 0 saturated carbocycles. The van der Waals surface area contributed by atoms with Gasteiger partial charge in [-0.1, -0.05) is 18.5 Å². The van der Waals surface area contributed by atoms with Crippen molar-refractivity contribution < 1.29 is 0 Å². The highest BCUT2D eigenvalue weighted by atomic mass is 79.9. The maximum absolute atomic E-state index is 6.21. The number of thiophene rings is 2. The number of hydrogen-bond acceptors (Lipinski definition) is 3. The summed E-state index contributed by atoms with van der Waals surface area (Å²) in [6.07, 6.45) is 0.990. The van der Waals surface area contributed by atoms with Crippen molar-refractivity contribution in [3.8, 4) is 0 Å². The van der Waals surface area contributed by atoms with Crippen LogP contribution >= 0.6 is 50.2 Å². The Kier molecular flexibility index (Phi) is 5.06. The molecular formula is C12H13BrClNS2. The van der Waals surface area contributed by atoms with Crippen molar-refractivity contribution in [3.63, 3.8) is 0 Å². The Labute approximate surface area is 123 Å². The van der Waals surface area contributed by atoms with Crippen LogP contribution in [0.1, 0.15) is 22.7 Å². The average molecular weight is 351 g/mol. The van der Waals surface area contributed by atoms with E-state index in [0.29, 0.717) is 6.04 Å². The Hall–Kier alpha value is 0.130. The molecule has 0 radical (unpaired) electrons. The normalized spacial score (nSPS) is 12.9. The van der Waals surface area contributed by atoms with Crippen LogP contribution in [0.5, 0.6) is 0 Å². The minimum absolute atomic E-state index is 0.318. The topological polar surface area (TPSA) is 12.0 Å². The van der Waals surface area contributed by atoms with Gasteiger partial charge in [-0.3, -0.25) is 0 Å². The van der Waals surface area contributed by atoms with E-state index in [1.165, 1.54) is 9.75 Å². The molecule has 1 N–H and O–H groups in total. The van der Waals surface area contributed by atoms with Crippen LogP contribution in [-0.4, -0.2) is 6.54 Å². The molecule has 17 heavy (non-hydrogen) atoms. The van der Waals surface area contributed by atoms with Crippen molar-refractivity contribution in [1.29, 1.82) is 0 Å². The minimum Gasteiger partial charge on any atom is -0.309 e. The summed E-state index contributed by atoms with van der Waals surface area (Å²) in [5, 5.41) is 8.54. The molecule has 0 bridgehead atoms. The van der Waals surface area contributed by atoms with Crippen molar-refractivity contribution in [1.82, 2.24) is 5.32 Å². The van der Waals surface area contributed by atoms with E-state index in [1.54, 1.807) is 22.7 Å². The van der Waals surface area contributed by atoms with Crippen molar-refractivity contribution in [3.05, 3.63) is 42.1 Å². The number of nitrogens with one attached hydrogen (secondary N) is 1. The highest BCUT2D eigenvalue weighted by Gasteiger charge is 2.16. The molecule has 2 rings (SSSR count). The zero-order valence-electron chi connectivity index (χ0n) is 9.37. The van der Waals surface area contributed by atoms with Crippen molar-refractivity contribution in [2.45, 2.75) is 19.4 Å². The maximum Gasteiger partial charge on any atom is 0.0561 e.